The summed E-state index contributed by atoms with van der Waals surface area (Å²) in [6.45, 7) is 10.3. The van der Waals surface area contributed by atoms with Gasteiger partial charge in [-0.3, -0.25) is 0 Å². The summed E-state index contributed by atoms with van der Waals surface area (Å²) in [7, 11) is 0. The van der Waals surface area contributed by atoms with E-state index in [2.05, 4.69) is 40.2 Å². The molecule has 140 valence electrons. The summed E-state index contributed by atoms with van der Waals surface area (Å²) in [6, 6.07) is 0.310. The van der Waals surface area contributed by atoms with Crippen LogP contribution in [0.25, 0.3) is 0 Å². The lowest BCUT2D eigenvalue weighted by atomic mass is 10.2. The number of nitrogens with zero attached hydrogens (tertiary/aromatic N) is 1. The highest BCUT2D eigenvalue weighted by molar-refractivity contribution is 6.02. The van der Waals surface area contributed by atoms with Gasteiger partial charge in [-0.05, 0) is 25.8 Å². The second-order valence-corrected chi connectivity index (χ2v) is 6.14. The minimum absolute atomic E-state index is 0.292. The Morgan fingerprint density at radius 1 is 1.38 bits per heavy atom. The molecular formula is C21H31N5. The van der Waals surface area contributed by atoms with Crippen LogP contribution in [0.15, 0.2) is 54.2 Å². The lowest BCUT2D eigenvalue weighted by Crippen LogP contribution is -2.42. The van der Waals surface area contributed by atoms with E-state index in [1.807, 2.05) is 31.2 Å². The van der Waals surface area contributed by atoms with Gasteiger partial charge in [0, 0.05) is 19.0 Å². The molecule has 0 radical (unpaired) electrons. The van der Waals surface area contributed by atoms with Crippen LogP contribution in [0.4, 0.5) is 0 Å². The number of nitrogens with one attached hydrogen (secondary N) is 4. The van der Waals surface area contributed by atoms with E-state index in [1.165, 1.54) is 25.7 Å². The predicted octanol–water partition coefficient (Wildman–Crippen LogP) is 3.25. The van der Waals surface area contributed by atoms with E-state index >= 15 is 0 Å². The summed E-state index contributed by atoms with van der Waals surface area (Å²) in [5.41, 5.74) is 6.73. The zero-order valence-corrected chi connectivity index (χ0v) is 15.7. The molecule has 0 amide bonds. The molecule has 0 spiro atoms. The van der Waals surface area contributed by atoms with Crippen LogP contribution in [0.3, 0.4) is 0 Å². The molecule has 5 heteroatoms. The first-order valence-corrected chi connectivity index (χ1v) is 9.09. The molecule has 0 aromatic heterocycles. The van der Waals surface area contributed by atoms with Crippen molar-refractivity contribution in [1.29, 1.82) is 5.41 Å². The normalized spacial score (nSPS) is 16.7. The van der Waals surface area contributed by atoms with E-state index in [9.17, 15) is 0 Å². The van der Waals surface area contributed by atoms with Crippen LogP contribution in [-0.2, 0) is 0 Å². The molecule has 1 atom stereocenters. The fourth-order valence-electron chi connectivity index (χ4n) is 2.60. The number of hydrogen-bond acceptors (Lipinski definition) is 4. The Labute approximate surface area is 157 Å². The molecule has 1 aliphatic carbocycles. The van der Waals surface area contributed by atoms with Crippen LogP contribution in [0.1, 0.15) is 39.0 Å². The number of hydrogen-bond donors (Lipinski definition) is 4. The number of amidine groups is 1. The molecule has 1 aliphatic rings. The first-order chi connectivity index (χ1) is 12.6. The highest BCUT2D eigenvalue weighted by Crippen LogP contribution is 2.17. The van der Waals surface area contributed by atoms with Crippen molar-refractivity contribution in [3.05, 3.63) is 49.2 Å². The van der Waals surface area contributed by atoms with Crippen LogP contribution in [-0.4, -0.2) is 30.2 Å². The Kier molecular flexibility index (Phi) is 10.7. The van der Waals surface area contributed by atoms with Gasteiger partial charge in [0.25, 0.3) is 0 Å². The molecule has 1 rings (SSSR count). The fourth-order valence-corrected chi connectivity index (χ4v) is 2.60. The summed E-state index contributed by atoms with van der Waals surface area (Å²) >= 11 is 0. The third-order valence-corrected chi connectivity index (χ3v) is 4.10. The van der Waals surface area contributed by atoms with E-state index in [4.69, 9.17) is 11.8 Å². The van der Waals surface area contributed by atoms with Gasteiger partial charge in [0.05, 0.1) is 11.4 Å². The van der Waals surface area contributed by atoms with Crippen molar-refractivity contribution in [1.82, 2.24) is 16.2 Å². The topological polar surface area (TPSA) is 72.3 Å². The van der Waals surface area contributed by atoms with Crippen LogP contribution in [0.2, 0.25) is 0 Å². The van der Waals surface area contributed by atoms with Gasteiger partial charge >= 0.3 is 0 Å². The zero-order valence-electron chi connectivity index (χ0n) is 15.7. The molecule has 0 aromatic rings. The van der Waals surface area contributed by atoms with Crippen molar-refractivity contribution in [2.45, 2.75) is 51.1 Å². The number of terminal acetylenes is 1. The van der Waals surface area contributed by atoms with Crippen LogP contribution in [0.5, 0.6) is 0 Å². The van der Waals surface area contributed by atoms with Gasteiger partial charge in [-0.25, -0.2) is 10.4 Å². The Balaban J connectivity index is 2.44. The third-order valence-electron chi connectivity index (χ3n) is 4.10. The van der Waals surface area contributed by atoms with Crippen molar-refractivity contribution in [3.63, 3.8) is 0 Å². The lowest BCUT2D eigenvalue weighted by molar-refractivity contribution is 0.534. The number of rotatable bonds is 11. The quantitative estimate of drug-likeness (QED) is 0.151. The van der Waals surface area contributed by atoms with Crippen LogP contribution < -0.4 is 16.2 Å². The van der Waals surface area contributed by atoms with Crippen molar-refractivity contribution in [2.24, 2.45) is 4.99 Å². The molecule has 26 heavy (non-hydrogen) atoms. The van der Waals surface area contributed by atoms with E-state index in [1.54, 1.807) is 6.08 Å². The Morgan fingerprint density at radius 3 is 2.73 bits per heavy atom. The smallest absolute Gasteiger partial charge is 0.140 e. The van der Waals surface area contributed by atoms with Gasteiger partial charge in [-0.2, -0.15) is 0 Å². The monoisotopic (exact) mass is 353 g/mol. The van der Waals surface area contributed by atoms with Crippen LogP contribution >= 0.6 is 0 Å². The molecule has 0 aliphatic heterocycles. The maximum absolute atomic E-state index is 8.12. The highest BCUT2D eigenvalue weighted by Gasteiger charge is 2.14. The molecule has 0 aromatic carbocycles. The molecule has 0 heterocycles. The first-order valence-electron chi connectivity index (χ1n) is 9.09. The summed E-state index contributed by atoms with van der Waals surface area (Å²) in [4.78, 5) is 4.32. The minimum atomic E-state index is -0.292. The van der Waals surface area contributed by atoms with Gasteiger partial charge in [0.2, 0.25) is 0 Å². The summed E-state index contributed by atoms with van der Waals surface area (Å²) < 4.78 is 0. The maximum atomic E-state index is 8.12. The Morgan fingerprint density at radius 2 is 2.12 bits per heavy atom. The predicted molar refractivity (Wildman–Crippen MR) is 112 cm³/mol. The maximum Gasteiger partial charge on any atom is 0.140 e. The minimum Gasteiger partial charge on any atom is -0.314 e. The molecule has 0 bridgehead atoms. The van der Waals surface area contributed by atoms with Crippen LogP contribution in [0, 0.1) is 17.8 Å². The highest BCUT2D eigenvalue weighted by atomic mass is 15.4. The average molecular weight is 354 g/mol. The second kappa shape index (κ2) is 12.9. The number of aliphatic imine (C=N–C) groups is 1. The van der Waals surface area contributed by atoms with E-state index in [-0.39, 0.29) is 6.04 Å². The largest absolute Gasteiger partial charge is 0.314 e. The average Bonchev–Trinajstić information content (AvgIpc) is 3.16. The van der Waals surface area contributed by atoms with Gasteiger partial charge in [0.15, 0.2) is 0 Å². The standard InChI is InChI=1S/C21H31N5/c1-5-8-9-12-18(6-2)25-26-21(7-3)24-17(4)20(22)15-16-23-19-13-10-11-14-19/h2,5,7-9,12,18-19,22-23,25H,3-4,10-11,13-16H2,1H3,(H,24,26)/b8-5-,12-9-,22-20?. The molecular weight excluding hydrogens is 322 g/mol. The lowest BCUT2D eigenvalue weighted by Gasteiger charge is -2.13. The zero-order chi connectivity index (χ0) is 19.2. The molecule has 1 unspecified atom stereocenters. The summed E-state index contributed by atoms with van der Waals surface area (Å²) in [5, 5.41) is 11.6. The van der Waals surface area contributed by atoms with Crippen molar-refractivity contribution in [2.75, 3.05) is 6.54 Å². The molecule has 0 saturated heterocycles. The molecule has 5 nitrogen and oxygen atoms in total. The van der Waals surface area contributed by atoms with E-state index in [0.717, 1.165) is 6.54 Å². The van der Waals surface area contributed by atoms with E-state index in [0.29, 0.717) is 29.7 Å². The summed E-state index contributed by atoms with van der Waals surface area (Å²) in [5.74, 6) is 3.09. The van der Waals surface area contributed by atoms with Crippen molar-refractivity contribution >= 4 is 11.5 Å². The molecule has 1 fully saturated rings. The summed E-state index contributed by atoms with van der Waals surface area (Å²) in [6.07, 6.45) is 20.3. The van der Waals surface area contributed by atoms with Crippen molar-refractivity contribution < 1.29 is 0 Å². The third kappa shape index (κ3) is 8.61. The van der Waals surface area contributed by atoms with Gasteiger partial charge < -0.3 is 16.2 Å². The second-order valence-electron chi connectivity index (χ2n) is 6.14. The van der Waals surface area contributed by atoms with Gasteiger partial charge in [-0.1, -0.05) is 56.2 Å². The first kappa shape index (κ1) is 21.6. The molecule has 1 saturated carbocycles. The van der Waals surface area contributed by atoms with Gasteiger partial charge in [0.1, 0.15) is 11.9 Å². The van der Waals surface area contributed by atoms with Gasteiger partial charge in [-0.15, -0.1) is 6.42 Å². The number of allylic oxidation sites excluding steroid dienone is 4. The van der Waals surface area contributed by atoms with Crippen molar-refractivity contribution in [3.8, 4) is 12.3 Å². The Bertz CT molecular complexity index is 600. The van der Waals surface area contributed by atoms with E-state index < -0.39 is 0 Å². The number of hydrazine groups is 1. The molecule has 4 N–H and O–H groups in total. The SMILES string of the molecule is C#CC(/C=C\C=C/C)NNC(C=C)=NC(=C)C(=N)CCNC1CCCC1. The fraction of sp³-hybridized carbons (Fsp3) is 0.429. The Hall–Kier alpha value is -2.42.